The van der Waals surface area contributed by atoms with Crippen molar-refractivity contribution in [2.24, 2.45) is 10.8 Å². The smallest absolute Gasteiger partial charge is 0.386 e. The fourth-order valence-electron chi connectivity index (χ4n) is 8.72. The fourth-order valence-corrected chi connectivity index (χ4v) is 15.5. The van der Waals surface area contributed by atoms with Gasteiger partial charge in [-0.2, -0.15) is 8.62 Å². The number of amides is 4. The van der Waals surface area contributed by atoms with Crippen LogP contribution in [-0.4, -0.2) is 245 Å². The van der Waals surface area contributed by atoms with E-state index in [9.17, 15) is 116 Å². The molecule has 56 heteroatoms. The van der Waals surface area contributed by atoms with E-state index in [2.05, 4.69) is 68.8 Å². The minimum absolute atomic E-state index is 0.0221. The topological polar surface area (TPSA) is 727 Å². The van der Waals surface area contributed by atoms with Gasteiger partial charge in [-0.3, -0.25) is 65.0 Å². The number of nitrogens with one attached hydrogen (secondary N) is 4. The lowest BCUT2D eigenvalue weighted by atomic mass is 9.87. The highest BCUT2D eigenvalue weighted by Gasteiger charge is 2.52. The van der Waals surface area contributed by atoms with Gasteiger partial charge in [0, 0.05) is 74.7 Å². The van der Waals surface area contributed by atoms with E-state index < -0.39 is 169 Å². The SMILES string of the molecule is CC(=O)SCCNC(=O)CCNC(=O)C(O)C(C)(C)COP(=O)(O)OP(=O)(O)OC[C@H]1O[C@@H](n2cnc3c(N)ncnc32)[C@H](O)[C@@H]1OP(=O)(O)O.CCC(=O)SCCNC(=O)CCNC(=O)C(O)C(C)(C)COP(=O)(O)OP(=O)(O)OC[C@H]1O[C@@H](n2cnc3c(N)ncnc32)[C@H](O)[C@@H]1OP(=O)(O)O. The lowest BCUT2D eigenvalue weighted by Gasteiger charge is -2.30. The van der Waals surface area contributed by atoms with Crippen molar-refractivity contribution in [3.8, 4) is 0 Å². The number of phosphoric ester groups is 6. The molecule has 0 saturated carbocycles. The average molecular weight is 1630 g/mol. The van der Waals surface area contributed by atoms with Gasteiger partial charge in [0.25, 0.3) is 0 Å². The van der Waals surface area contributed by atoms with Crippen molar-refractivity contribution >= 4 is 138 Å². The van der Waals surface area contributed by atoms with E-state index in [0.717, 1.165) is 58.0 Å². The summed E-state index contributed by atoms with van der Waals surface area (Å²) < 4.78 is 124. The minimum Gasteiger partial charge on any atom is -0.386 e. The zero-order valence-corrected chi connectivity index (χ0v) is 61.9. The van der Waals surface area contributed by atoms with Crippen molar-refractivity contribution in [1.82, 2.24) is 60.3 Å². The van der Waals surface area contributed by atoms with E-state index in [1.54, 1.807) is 6.92 Å². The summed E-state index contributed by atoms with van der Waals surface area (Å²) in [5, 5.41) is 52.3. The van der Waals surface area contributed by atoms with Gasteiger partial charge in [0.2, 0.25) is 23.6 Å². The molecule has 103 heavy (non-hydrogen) atoms. The number of ether oxygens (including phenoxy) is 2. The molecular weight excluding hydrogens is 1550 g/mol. The molecule has 6 rings (SSSR count). The second kappa shape index (κ2) is 37.8. The standard InChI is InChI=1S/C24H40N7O17P3S.C23H38N7O17P3S/c1-4-15(33)52-8-7-26-14(32)5-6-27-22(36)19(35)24(2,3)10-45-51(42,43)48-50(40,41)44-9-13-18(47-49(37,38)39)17(34)23(46-13)31-12-30-16-20(25)28-11-29-21(16)31;1-12(31)51-7-6-25-14(32)4-5-26-21(35)18(34)23(2,3)9-44-50(41,42)47-49(39,40)43-8-13-17(46-48(36,37)38)16(33)22(45-13)30-11-29-15-19(24)27-10-28-20(15)30/h11-13,17-19,23,34-35H,4-10H2,1-3H3,(H,26,32)(H,27,36)(H,40,41)(H,42,43)(H2,25,28,29)(H2,37,38,39);10-11,13,16-18,22,33-34H,4-9H2,1-3H3,(H,25,32)(H,26,35)(H,39,40)(H,41,42)(H2,24,27,28)(H2,36,37,38)/t13-,17-,18-,19?,23-;13-,16-,17-,18?,22-/m11/s1. The van der Waals surface area contributed by atoms with Crippen molar-refractivity contribution in [3.05, 3.63) is 25.3 Å². The van der Waals surface area contributed by atoms with Gasteiger partial charge in [-0.15, -0.1) is 0 Å². The molecular formula is C47H78N14O34P6S2. The second-order valence-corrected chi connectivity index (χ2v) is 33.9. The van der Waals surface area contributed by atoms with Crippen molar-refractivity contribution in [2.45, 2.75) is 122 Å². The number of hydrogen-bond acceptors (Lipinski definition) is 36. The highest BCUT2D eigenvalue weighted by Crippen LogP contribution is 2.63. The van der Waals surface area contributed by atoms with E-state index in [1.807, 2.05) is 0 Å². The Morgan fingerprint density at radius 3 is 1.27 bits per heavy atom. The van der Waals surface area contributed by atoms with E-state index in [1.165, 1.54) is 34.6 Å². The van der Waals surface area contributed by atoms with Crippen molar-refractivity contribution in [1.29, 1.82) is 0 Å². The fraction of sp³-hybridized carbons (Fsp3) is 0.660. The van der Waals surface area contributed by atoms with Crippen molar-refractivity contribution in [2.75, 3.05) is 75.6 Å². The Balaban J connectivity index is 0.000000371. The zero-order valence-electron chi connectivity index (χ0n) is 54.9. The van der Waals surface area contributed by atoms with Gasteiger partial charge >= 0.3 is 46.9 Å². The lowest BCUT2D eigenvalue weighted by molar-refractivity contribution is -0.137. The number of anilines is 2. The van der Waals surface area contributed by atoms with Gasteiger partial charge in [0.1, 0.15) is 72.5 Å². The number of aliphatic hydroxyl groups is 4. The van der Waals surface area contributed by atoms with Crippen LogP contribution in [0, 0.1) is 10.8 Å². The molecule has 2 aliphatic heterocycles. The monoisotopic (exact) mass is 1630 g/mol. The Morgan fingerprint density at radius 2 is 0.922 bits per heavy atom. The van der Waals surface area contributed by atoms with Gasteiger partial charge in [0.15, 0.2) is 45.6 Å². The molecule has 14 atom stereocenters. The summed E-state index contributed by atoms with van der Waals surface area (Å²) >= 11 is 2.10. The third-order valence-electron chi connectivity index (χ3n) is 13.9. The first-order chi connectivity index (χ1) is 47.6. The zero-order chi connectivity index (χ0) is 77.4. The molecule has 0 spiro atoms. The Morgan fingerprint density at radius 1 is 0.563 bits per heavy atom. The summed E-state index contributed by atoms with van der Waals surface area (Å²) in [4.78, 5) is 172. The van der Waals surface area contributed by atoms with Gasteiger partial charge in [0.05, 0.1) is 39.1 Å². The third kappa shape index (κ3) is 28.0. The summed E-state index contributed by atoms with van der Waals surface area (Å²) in [6.45, 7) is 4.14. The number of carbonyl (C=O) groups excluding carboxylic acids is 6. The number of rotatable bonds is 39. The van der Waals surface area contributed by atoms with Crippen LogP contribution in [0.2, 0.25) is 0 Å². The van der Waals surface area contributed by atoms with Crippen LogP contribution in [0.15, 0.2) is 25.3 Å². The van der Waals surface area contributed by atoms with Crippen molar-refractivity contribution in [3.63, 3.8) is 0 Å². The average Bonchev–Trinajstić information content (AvgIpc) is 1.60. The maximum absolute atomic E-state index is 12.6. The summed E-state index contributed by atoms with van der Waals surface area (Å²) in [6, 6.07) is 0. The van der Waals surface area contributed by atoms with E-state index >= 15 is 0 Å². The van der Waals surface area contributed by atoms with E-state index in [4.69, 9.17) is 39.0 Å². The number of nitrogen functional groups attached to an aromatic ring is 2. The van der Waals surface area contributed by atoms with Crippen LogP contribution >= 0.6 is 70.5 Å². The van der Waals surface area contributed by atoms with Gasteiger partial charge < -0.3 is 102 Å². The maximum Gasteiger partial charge on any atom is 0.481 e. The largest absolute Gasteiger partial charge is 0.481 e. The van der Waals surface area contributed by atoms with Crippen LogP contribution in [0.25, 0.3) is 22.3 Å². The first-order valence-electron chi connectivity index (χ1n) is 29.6. The number of nitrogens with two attached hydrogens (primary N) is 2. The predicted octanol–water partition coefficient (Wildman–Crippen LogP) is -2.24. The number of nitrogens with zero attached hydrogens (tertiary/aromatic N) is 8. The Hall–Kier alpha value is -4.88. The van der Waals surface area contributed by atoms with Gasteiger partial charge in [-0.05, 0) is 0 Å². The second-order valence-electron chi connectivity index (χ2n) is 23.1. The molecule has 4 aromatic rings. The Bertz CT molecular complexity index is 3930. The molecule has 0 aliphatic carbocycles. The number of phosphoric acid groups is 6. The highest BCUT2D eigenvalue weighted by atomic mass is 32.2. The third-order valence-corrected chi connectivity index (χ3v) is 21.9. The van der Waals surface area contributed by atoms with Gasteiger partial charge in [-0.1, -0.05) is 58.1 Å². The summed E-state index contributed by atoms with van der Waals surface area (Å²) in [6.07, 6.45) is -13.4. The van der Waals surface area contributed by atoms with Crippen LogP contribution in [0.3, 0.4) is 0 Å². The summed E-state index contributed by atoms with van der Waals surface area (Å²) in [7, 11) is -32.7. The molecule has 2 aliphatic rings. The number of aliphatic hydroxyl groups excluding tert-OH is 4. The molecule has 0 radical (unpaired) electrons. The first-order valence-corrected chi connectivity index (χ1v) is 40.7. The first kappa shape index (κ1) is 88.7. The predicted molar refractivity (Wildman–Crippen MR) is 350 cm³/mol. The van der Waals surface area contributed by atoms with E-state index in [-0.39, 0.29) is 83.2 Å². The number of fused-ring (bicyclic) bond motifs is 2. The molecule has 0 aromatic carbocycles. The maximum atomic E-state index is 12.6. The Kier molecular flexibility index (Phi) is 32.5. The Labute approximate surface area is 591 Å². The van der Waals surface area contributed by atoms with Crippen LogP contribution in [-0.2, 0) is 101 Å². The highest BCUT2D eigenvalue weighted by molar-refractivity contribution is 8.13. The normalized spacial score (nSPS) is 22.5. The van der Waals surface area contributed by atoms with Crippen LogP contribution in [0.4, 0.5) is 11.6 Å². The quantitative estimate of drug-likeness (QED) is 0.0166. The number of hydrogen-bond donors (Lipinski definition) is 18. The molecule has 20 N–H and O–H groups in total. The van der Waals surface area contributed by atoms with Crippen LogP contribution in [0.1, 0.15) is 73.3 Å². The molecule has 4 aromatic heterocycles. The van der Waals surface area contributed by atoms with Gasteiger partial charge in [-0.25, -0.2) is 57.3 Å². The molecule has 4 amide bonds. The van der Waals surface area contributed by atoms with Crippen LogP contribution in [0.5, 0.6) is 0 Å². The molecule has 2 saturated heterocycles. The lowest BCUT2D eigenvalue weighted by Crippen LogP contribution is -2.46. The molecule has 582 valence electrons. The minimum atomic E-state index is -5.56. The summed E-state index contributed by atoms with van der Waals surface area (Å²) in [5.41, 5.74) is 8.52. The molecule has 6 heterocycles. The number of carbonyl (C=O) groups is 6. The molecule has 0 bridgehead atoms. The van der Waals surface area contributed by atoms with E-state index in [0.29, 0.717) is 17.9 Å². The summed E-state index contributed by atoms with van der Waals surface area (Å²) in [5.74, 6) is -2.15. The van der Waals surface area contributed by atoms with Crippen molar-refractivity contribution < 1.29 is 161 Å². The molecule has 48 nitrogen and oxygen atoms in total. The molecule has 2 fully saturated rings. The number of imidazole rings is 2. The van der Waals surface area contributed by atoms with Crippen LogP contribution < -0.4 is 32.7 Å². The molecule has 6 unspecified atom stereocenters. The number of thioether (sulfide) groups is 2. The number of aromatic nitrogens is 8.